The highest BCUT2D eigenvalue weighted by molar-refractivity contribution is 5.85. The molecule has 0 aliphatic carbocycles. The molecule has 8 heteroatoms. The Morgan fingerprint density at radius 3 is 2.85 bits per heavy atom. The second kappa shape index (κ2) is 9.54. The molecule has 7 nitrogen and oxygen atoms in total. The molecule has 1 unspecified atom stereocenters. The van der Waals surface area contributed by atoms with Crippen molar-refractivity contribution in [3.63, 3.8) is 0 Å². The number of aryl methyl sites for hydroxylation is 1. The van der Waals surface area contributed by atoms with Gasteiger partial charge in [0.05, 0.1) is 7.11 Å². The third-order valence-corrected chi connectivity index (χ3v) is 4.50. The van der Waals surface area contributed by atoms with Crippen LogP contribution in [0.1, 0.15) is 18.7 Å². The van der Waals surface area contributed by atoms with E-state index in [0.29, 0.717) is 30.5 Å². The van der Waals surface area contributed by atoms with Crippen LogP contribution in [0, 0.1) is 5.92 Å². The molecule has 1 aromatic carbocycles. The van der Waals surface area contributed by atoms with Crippen molar-refractivity contribution in [3.05, 3.63) is 30.2 Å². The maximum atomic E-state index is 12.3. The van der Waals surface area contributed by atoms with Crippen molar-refractivity contribution in [2.45, 2.75) is 19.3 Å². The minimum atomic E-state index is 0. The summed E-state index contributed by atoms with van der Waals surface area (Å²) < 4.78 is 10.4. The van der Waals surface area contributed by atoms with Gasteiger partial charge in [-0.1, -0.05) is 5.16 Å². The summed E-state index contributed by atoms with van der Waals surface area (Å²) in [5, 5.41) is 7.17. The smallest absolute Gasteiger partial charge is 0.227 e. The van der Waals surface area contributed by atoms with Crippen molar-refractivity contribution >= 4 is 18.3 Å². The number of nitrogens with one attached hydrogen (secondary N) is 1. The van der Waals surface area contributed by atoms with Crippen LogP contribution in [0.15, 0.2) is 28.8 Å². The highest BCUT2D eigenvalue weighted by Gasteiger charge is 2.25. The molecule has 1 saturated heterocycles. The minimum Gasteiger partial charge on any atom is -0.497 e. The Morgan fingerprint density at radius 2 is 2.15 bits per heavy atom. The number of rotatable bonds is 7. The quantitative estimate of drug-likeness (QED) is 0.792. The summed E-state index contributed by atoms with van der Waals surface area (Å²) in [6, 6.07) is 7.46. The van der Waals surface area contributed by atoms with Gasteiger partial charge in [-0.05, 0) is 50.2 Å². The maximum absolute atomic E-state index is 12.3. The van der Waals surface area contributed by atoms with Gasteiger partial charge in [0, 0.05) is 31.5 Å². The Labute approximate surface area is 159 Å². The summed E-state index contributed by atoms with van der Waals surface area (Å²) in [4.78, 5) is 18.6. The molecule has 1 aromatic heterocycles. The zero-order valence-corrected chi connectivity index (χ0v) is 15.9. The second-order valence-electron chi connectivity index (χ2n) is 6.29. The van der Waals surface area contributed by atoms with E-state index >= 15 is 0 Å². The number of hydrogen-bond acceptors (Lipinski definition) is 6. The number of methoxy groups -OCH3 is 1. The van der Waals surface area contributed by atoms with E-state index in [4.69, 9.17) is 9.26 Å². The van der Waals surface area contributed by atoms with Gasteiger partial charge in [-0.2, -0.15) is 4.98 Å². The lowest BCUT2D eigenvalue weighted by Gasteiger charge is -2.15. The van der Waals surface area contributed by atoms with Crippen LogP contribution in [0.25, 0.3) is 11.4 Å². The lowest BCUT2D eigenvalue weighted by Crippen LogP contribution is -2.30. The van der Waals surface area contributed by atoms with Crippen LogP contribution in [0.5, 0.6) is 5.75 Å². The Bertz CT molecular complexity index is 705. The van der Waals surface area contributed by atoms with Gasteiger partial charge >= 0.3 is 0 Å². The third-order valence-electron chi connectivity index (χ3n) is 4.50. The van der Waals surface area contributed by atoms with E-state index in [0.717, 1.165) is 37.4 Å². The highest BCUT2D eigenvalue weighted by Crippen LogP contribution is 2.21. The van der Waals surface area contributed by atoms with Gasteiger partial charge in [0.15, 0.2) is 0 Å². The molecule has 1 N–H and O–H groups in total. The van der Waals surface area contributed by atoms with E-state index in [1.807, 2.05) is 36.2 Å². The number of aromatic nitrogens is 2. The van der Waals surface area contributed by atoms with Crippen molar-refractivity contribution in [3.8, 4) is 17.1 Å². The highest BCUT2D eigenvalue weighted by atomic mass is 35.5. The summed E-state index contributed by atoms with van der Waals surface area (Å²) in [6.07, 6.45) is 1.93. The number of benzene rings is 1. The van der Waals surface area contributed by atoms with Gasteiger partial charge in [0.1, 0.15) is 5.75 Å². The normalized spacial score (nSPS) is 16.4. The lowest BCUT2D eigenvalue weighted by molar-refractivity contribution is -0.130. The standard InChI is InChI=1S/C18H24N4O3.ClH/c1-19-11-13-9-10-22(12-13)17(23)8-7-16-20-18(21-25-16)14-3-5-15(24-2)6-4-14;/h3-6,13,19H,7-12H2,1-2H3;1H. The number of ether oxygens (including phenoxy) is 1. The van der Waals surface area contributed by atoms with Gasteiger partial charge < -0.3 is 19.5 Å². The Balaban J connectivity index is 0.00000243. The minimum absolute atomic E-state index is 0. The van der Waals surface area contributed by atoms with E-state index in [2.05, 4.69) is 15.5 Å². The Morgan fingerprint density at radius 1 is 1.38 bits per heavy atom. The first-order valence-corrected chi connectivity index (χ1v) is 8.59. The third kappa shape index (κ3) is 4.95. The fourth-order valence-electron chi connectivity index (χ4n) is 3.10. The van der Waals surface area contributed by atoms with Gasteiger partial charge in [0.2, 0.25) is 17.6 Å². The van der Waals surface area contributed by atoms with Crippen LogP contribution in [-0.2, 0) is 11.2 Å². The molecule has 0 saturated carbocycles. The van der Waals surface area contributed by atoms with E-state index < -0.39 is 0 Å². The second-order valence-corrected chi connectivity index (χ2v) is 6.29. The van der Waals surface area contributed by atoms with Gasteiger partial charge in [-0.15, -0.1) is 12.4 Å². The number of carbonyl (C=O) groups is 1. The predicted molar refractivity (Wildman–Crippen MR) is 100 cm³/mol. The Kier molecular flexibility index (Phi) is 7.41. The molecule has 0 spiro atoms. The summed E-state index contributed by atoms with van der Waals surface area (Å²) in [5.74, 6) is 2.51. The number of likely N-dealkylation sites (tertiary alicyclic amines) is 1. The van der Waals surface area contributed by atoms with Crippen LogP contribution in [0.2, 0.25) is 0 Å². The fourth-order valence-corrected chi connectivity index (χ4v) is 3.10. The Hall–Kier alpha value is -2.12. The van der Waals surface area contributed by atoms with Crippen LogP contribution >= 0.6 is 12.4 Å². The molecule has 1 atom stereocenters. The number of hydrogen-bond donors (Lipinski definition) is 1. The van der Waals surface area contributed by atoms with Crippen molar-refractivity contribution in [1.82, 2.24) is 20.4 Å². The van der Waals surface area contributed by atoms with E-state index in [1.165, 1.54) is 0 Å². The molecular formula is C18H25ClN4O3. The molecule has 142 valence electrons. The van der Waals surface area contributed by atoms with E-state index in [1.54, 1.807) is 7.11 Å². The molecule has 1 aliphatic rings. The maximum Gasteiger partial charge on any atom is 0.227 e. The van der Waals surface area contributed by atoms with Gasteiger partial charge in [0.25, 0.3) is 0 Å². The summed E-state index contributed by atoms with van der Waals surface area (Å²) >= 11 is 0. The summed E-state index contributed by atoms with van der Waals surface area (Å²) in [5.41, 5.74) is 0.858. The van der Waals surface area contributed by atoms with E-state index in [9.17, 15) is 4.79 Å². The largest absolute Gasteiger partial charge is 0.497 e. The zero-order valence-electron chi connectivity index (χ0n) is 15.1. The molecule has 0 radical (unpaired) electrons. The van der Waals surface area contributed by atoms with Crippen LogP contribution in [0.4, 0.5) is 0 Å². The summed E-state index contributed by atoms with van der Waals surface area (Å²) in [6.45, 7) is 2.63. The van der Waals surface area contributed by atoms with Crippen LogP contribution in [0.3, 0.4) is 0 Å². The average molecular weight is 381 g/mol. The summed E-state index contributed by atoms with van der Waals surface area (Å²) in [7, 11) is 3.57. The number of carbonyl (C=O) groups excluding carboxylic acids is 1. The molecule has 3 rings (SSSR count). The number of halogens is 1. The zero-order chi connectivity index (χ0) is 17.6. The lowest BCUT2D eigenvalue weighted by atomic mass is 10.1. The first kappa shape index (κ1) is 20.2. The van der Waals surface area contributed by atoms with Crippen molar-refractivity contribution < 1.29 is 14.1 Å². The van der Waals surface area contributed by atoms with Crippen molar-refractivity contribution in [2.75, 3.05) is 33.8 Å². The molecule has 2 heterocycles. The fraction of sp³-hybridized carbons (Fsp3) is 0.500. The monoisotopic (exact) mass is 380 g/mol. The SMILES string of the molecule is CNCC1CCN(C(=O)CCc2nc(-c3ccc(OC)cc3)no2)C1.Cl. The number of nitrogens with zero attached hydrogens (tertiary/aromatic N) is 3. The van der Waals surface area contributed by atoms with Crippen molar-refractivity contribution in [1.29, 1.82) is 0 Å². The van der Waals surface area contributed by atoms with Gasteiger partial charge in [-0.3, -0.25) is 4.79 Å². The average Bonchev–Trinajstić information content (AvgIpc) is 3.30. The van der Waals surface area contributed by atoms with E-state index in [-0.39, 0.29) is 18.3 Å². The topological polar surface area (TPSA) is 80.5 Å². The van der Waals surface area contributed by atoms with Crippen LogP contribution in [-0.4, -0.2) is 54.7 Å². The molecular weight excluding hydrogens is 356 g/mol. The molecule has 26 heavy (non-hydrogen) atoms. The molecule has 2 aromatic rings. The predicted octanol–water partition coefficient (Wildman–Crippen LogP) is 2.17. The molecule has 1 fully saturated rings. The molecule has 1 aliphatic heterocycles. The van der Waals surface area contributed by atoms with Gasteiger partial charge in [-0.25, -0.2) is 0 Å². The van der Waals surface area contributed by atoms with Crippen LogP contribution < -0.4 is 10.1 Å². The number of amides is 1. The first-order valence-electron chi connectivity index (χ1n) is 8.59. The molecule has 1 amide bonds. The van der Waals surface area contributed by atoms with Crippen molar-refractivity contribution in [2.24, 2.45) is 5.92 Å². The molecule has 0 bridgehead atoms. The first-order chi connectivity index (χ1) is 12.2.